The summed E-state index contributed by atoms with van der Waals surface area (Å²) in [6, 6.07) is 61.9. The summed E-state index contributed by atoms with van der Waals surface area (Å²) in [5, 5.41) is 9.71. The third-order valence-electron chi connectivity index (χ3n) is 13.5. The molecule has 0 fully saturated rings. The molecule has 0 spiro atoms. The summed E-state index contributed by atoms with van der Waals surface area (Å²) < 4.78 is 15.3. The van der Waals surface area contributed by atoms with Crippen LogP contribution in [0.4, 0.5) is 17.1 Å². The Bertz CT molecular complexity index is 3840. The zero-order valence-corrected chi connectivity index (χ0v) is 32.4. The molecule has 0 saturated heterocycles. The standard InChI is InChI=1S/C55H34N2O2/c1-55(2)42-16-8-14-39-40-15-9-17-44-52(40)54-45(26-21-31-20-25-43(55)53(50(31)54)51(39)42)57(44)33-11-7-10-32(28-33)56(34-23-27-48-41(29-34)37-13-4-6-19-47(37)58-48)35-22-24-38-36-12-3-5-18-46(36)59-49(38)30-35/h3-30H,1-2H3. The minimum Gasteiger partial charge on any atom is -0.456 e. The molecule has 0 bridgehead atoms. The van der Waals surface area contributed by atoms with Gasteiger partial charge in [-0.25, -0.2) is 0 Å². The van der Waals surface area contributed by atoms with Crippen LogP contribution in [-0.2, 0) is 5.41 Å². The number of furan rings is 2. The molecule has 0 radical (unpaired) electrons. The Morgan fingerprint density at radius 1 is 0.424 bits per heavy atom. The Labute approximate surface area is 338 Å². The highest BCUT2D eigenvalue weighted by molar-refractivity contribution is 6.31. The highest BCUT2D eigenvalue weighted by Gasteiger charge is 2.40. The number of rotatable bonds is 4. The molecule has 9 aromatic carbocycles. The van der Waals surface area contributed by atoms with Crippen molar-refractivity contribution < 1.29 is 8.83 Å². The normalized spacial score (nSPS) is 13.7. The van der Waals surface area contributed by atoms with E-state index >= 15 is 0 Å². The topological polar surface area (TPSA) is 34.5 Å². The number of fused-ring (bicyclic) bond motifs is 7. The van der Waals surface area contributed by atoms with E-state index in [0.29, 0.717) is 0 Å². The first-order valence-electron chi connectivity index (χ1n) is 20.4. The van der Waals surface area contributed by atoms with Gasteiger partial charge in [-0.15, -0.1) is 0 Å². The van der Waals surface area contributed by atoms with Crippen molar-refractivity contribution in [3.63, 3.8) is 0 Å². The fourth-order valence-electron chi connectivity index (χ4n) is 10.9. The van der Waals surface area contributed by atoms with Gasteiger partial charge in [0.25, 0.3) is 0 Å². The summed E-state index contributed by atoms with van der Waals surface area (Å²) in [6.07, 6.45) is 0. The summed E-state index contributed by atoms with van der Waals surface area (Å²) in [4.78, 5) is 2.35. The molecule has 0 unspecified atom stereocenters. The predicted molar refractivity (Wildman–Crippen MR) is 244 cm³/mol. The maximum Gasteiger partial charge on any atom is 0.137 e. The van der Waals surface area contributed by atoms with Crippen LogP contribution in [-0.4, -0.2) is 4.57 Å². The Hall–Kier alpha value is -7.56. The van der Waals surface area contributed by atoms with Crippen molar-refractivity contribution in [2.45, 2.75) is 19.3 Å². The minimum atomic E-state index is -0.0834. The van der Waals surface area contributed by atoms with E-state index in [2.05, 4.69) is 169 Å². The number of nitrogens with zero attached hydrogens (tertiary/aromatic N) is 2. The molecule has 0 atom stereocenters. The van der Waals surface area contributed by atoms with Crippen molar-refractivity contribution in [3.8, 4) is 27.9 Å². The van der Waals surface area contributed by atoms with E-state index in [1.54, 1.807) is 0 Å². The zero-order chi connectivity index (χ0) is 38.7. The first-order chi connectivity index (χ1) is 29.0. The lowest BCUT2D eigenvalue weighted by Crippen LogP contribution is -2.14. The Kier molecular flexibility index (Phi) is 5.81. The lowest BCUT2D eigenvalue weighted by Gasteiger charge is -2.26. The maximum atomic E-state index is 6.48. The summed E-state index contributed by atoms with van der Waals surface area (Å²) >= 11 is 0. The number of anilines is 3. The van der Waals surface area contributed by atoms with Gasteiger partial charge >= 0.3 is 0 Å². The molecule has 2 aliphatic rings. The molecule has 0 saturated carbocycles. The van der Waals surface area contributed by atoms with Gasteiger partial charge in [-0.05, 0) is 117 Å². The zero-order valence-electron chi connectivity index (χ0n) is 32.4. The quantitative estimate of drug-likeness (QED) is 0.179. The Morgan fingerprint density at radius 3 is 1.95 bits per heavy atom. The second-order valence-electron chi connectivity index (χ2n) is 16.8. The molecule has 276 valence electrons. The lowest BCUT2D eigenvalue weighted by atomic mass is 9.81. The number of hydrogen-bond acceptors (Lipinski definition) is 3. The van der Waals surface area contributed by atoms with Gasteiger partial charge in [0.2, 0.25) is 0 Å². The summed E-state index contributed by atoms with van der Waals surface area (Å²) in [5.74, 6) is 0. The molecule has 0 amide bonds. The Balaban J connectivity index is 1.04. The van der Waals surface area contributed by atoms with Gasteiger partial charge in [0.15, 0.2) is 0 Å². The molecule has 2 aliphatic carbocycles. The second kappa shape index (κ2) is 10.9. The van der Waals surface area contributed by atoms with Crippen molar-refractivity contribution in [1.29, 1.82) is 0 Å². The number of benzene rings is 9. The van der Waals surface area contributed by atoms with Gasteiger partial charge in [-0.2, -0.15) is 0 Å². The molecule has 3 aromatic heterocycles. The largest absolute Gasteiger partial charge is 0.456 e. The SMILES string of the molecule is CC1(C)c2cccc3c2-c2c1ccc1ccc4c(c21)c1c-3cccc1n4-c1cccc(N(c2ccc3c(c2)oc2ccccc23)c2ccc3oc4ccccc4c3c2)c1. The van der Waals surface area contributed by atoms with Gasteiger partial charge in [0.05, 0.1) is 11.0 Å². The molecule has 4 nitrogen and oxygen atoms in total. The van der Waals surface area contributed by atoms with Gasteiger partial charge in [0.1, 0.15) is 22.3 Å². The smallest absolute Gasteiger partial charge is 0.137 e. The van der Waals surface area contributed by atoms with Crippen molar-refractivity contribution in [1.82, 2.24) is 4.57 Å². The van der Waals surface area contributed by atoms with Crippen LogP contribution in [0.3, 0.4) is 0 Å². The molecular weight excluding hydrogens is 721 g/mol. The summed E-state index contributed by atoms with van der Waals surface area (Å²) in [5.41, 5.74) is 18.3. The second-order valence-corrected chi connectivity index (χ2v) is 16.8. The third kappa shape index (κ3) is 3.98. The summed E-state index contributed by atoms with van der Waals surface area (Å²) in [6.45, 7) is 4.77. The lowest BCUT2D eigenvalue weighted by molar-refractivity contribution is 0.661. The van der Waals surface area contributed by atoms with Crippen LogP contribution in [0.25, 0.3) is 104 Å². The van der Waals surface area contributed by atoms with Gasteiger partial charge in [-0.3, -0.25) is 0 Å². The van der Waals surface area contributed by atoms with E-state index in [1.165, 1.54) is 66.0 Å². The average Bonchev–Trinajstić information content (AvgIpc) is 3.97. The van der Waals surface area contributed by atoms with Crippen molar-refractivity contribution >= 4 is 93.5 Å². The van der Waals surface area contributed by atoms with Crippen molar-refractivity contribution in [3.05, 3.63) is 181 Å². The fraction of sp³-hybridized carbons (Fsp3) is 0.0545. The van der Waals surface area contributed by atoms with Gasteiger partial charge in [0, 0.05) is 66.5 Å². The molecule has 3 heterocycles. The molecule has 4 heteroatoms. The fourth-order valence-corrected chi connectivity index (χ4v) is 10.9. The van der Waals surface area contributed by atoms with Gasteiger partial charge in [-0.1, -0.05) is 105 Å². The molecule has 12 aromatic rings. The van der Waals surface area contributed by atoms with Crippen LogP contribution in [0.5, 0.6) is 0 Å². The van der Waals surface area contributed by atoms with Crippen LogP contribution in [0.1, 0.15) is 25.0 Å². The molecular formula is C55H34N2O2. The molecule has 14 rings (SSSR count). The molecule has 0 N–H and O–H groups in total. The van der Waals surface area contributed by atoms with E-state index in [9.17, 15) is 0 Å². The van der Waals surface area contributed by atoms with Crippen molar-refractivity contribution in [2.75, 3.05) is 4.90 Å². The highest BCUT2D eigenvalue weighted by Crippen LogP contribution is 2.59. The van der Waals surface area contributed by atoms with E-state index in [0.717, 1.165) is 66.6 Å². The van der Waals surface area contributed by atoms with Crippen LogP contribution in [0, 0.1) is 0 Å². The highest BCUT2D eigenvalue weighted by atomic mass is 16.3. The van der Waals surface area contributed by atoms with E-state index in [4.69, 9.17) is 8.83 Å². The average molecular weight is 755 g/mol. The third-order valence-corrected chi connectivity index (χ3v) is 13.5. The molecule has 0 aliphatic heterocycles. The first-order valence-corrected chi connectivity index (χ1v) is 20.4. The van der Waals surface area contributed by atoms with E-state index < -0.39 is 0 Å². The summed E-state index contributed by atoms with van der Waals surface area (Å²) in [7, 11) is 0. The number of hydrogen-bond donors (Lipinski definition) is 0. The van der Waals surface area contributed by atoms with Crippen LogP contribution < -0.4 is 4.90 Å². The number of para-hydroxylation sites is 2. The van der Waals surface area contributed by atoms with Crippen LogP contribution in [0.2, 0.25) is 0 Å². The Morgan fingerprint density at radius 2 is 1.07 bits per heavy atom. The van der Waals surface area contributed by atoms with E-state index in [1.807, 2.05) is 24.3 Å². The number of aromatic nitrogens is 1. The van der Waals surface area contributed by atoms with E-state index in [-0.39, 0.29) is 5.41 Å². The minimum absolute atomic E-state index is 0.0834. The van der Waals surface area contributed by atoms with Crippen LogP contribution in [0.15, 0.2) is 179 Å². The maximum absolute atomic E-state index is 6.48. The monoisotopic (exact) mass is 754 g/mol. The van der Waals surface area contributed by atoms with Crippen molar-refractivity contribution in [2.24, 2.45) is 0 Å². The van der Waals surface area contributed by atoms with Gasteiger partial charge < -0.3 is 18.3 Å². The first kappa shape index (κ1) is 31.5. The van der Waals surface area contributed by atoms with Crippen LogP contribution >= 0.6 is 0 Å². The predicted octanol–water partition coefficient (Wildman–Crippen LogP) is 15.5. The molecule has 59 heavy (non-hydrogen) atoms.